The van der Waals surface area contributed by atoms with Gasteiger partial charge in [0.25, 0.3) is 0 Å². The summed E-state index contributed by atoms with van der Waals surface area (Å²) in [5.41, 5.74) is 0. The highest BCUT2D eigenvalue weighted by molar-refractivity contribution is 4.85. The fraction of sp³-hybridized carbons (Fsp3) is 1.00. The molecule has 13 heavy (non-hydrogen) atoms. The van der Waals surface area contributed by atoms with Crippen molar-refractivity contribution >= 4 is 0 Å². The van der Waals surface area contributed by atoms with Crippen LogP contribution >= 0.6 is 0 Å². The molecule has 2 fully saturated rings. The van der Waals surface area contributed by atoms with Gasteiger partial charge in [-0.25, -0.2) is 0 Å². The fourth-order valence-electron chi connectivity index (χ4n) is 2.35. The van der Waals surface area contributed by atoms with Gasteiger partial charge < -0.3 is 10.4 Å². The zero-order chi connectivity index (χ0) is 9.26. The van der Waals surface area contributed by atoms with Crippen LogP contribution in [0.1, 0.15) is 39.0 Å². The first-order chi connectivity index (χ1) is 6.27. The maximum atomic E-state index is 9.59. The monoisotopic (exact) mass is 183 g/mol. The molecule has 2 heteroatoms. The number of hydrogen-bond acceptors (Lipinski definition) is 2. The molecule has 1 unspecified atom stereocenters. The van der Waals surface area contributed by atoms with Gasteiger partial charge in [-0.1, -0.05) is 6.92 Å². The molecule has 3 atom stereocenters. The molecule has 0 aliphatic heterocycles. The third-order valence-electron chi connectivity index (χ3n) is 3.61. The largest absolute Gasteiger partial charge is 0.392 e. The van der Waals surface area contributed by atoms with Crippen LogP contribution in [-0.2, 0) is 0 Å². The molecule has 0 aromatic heterocycles. The zero-order valence-electron chi connectivity index (χ0n) is 8.50. The van der Waals surface area contributed by atoms with Crippen molar-refractivity contribution in [1.82, 2.24) is 5.32 Å². The van der Waals surface area contributed by atoms with E-state index in [-0.39, 0.29) is 6.10 Å². The predicted molar refractivity (Wildman–Crippen MR) is 53.5 cm³/mol. The molecule has 2 saturated carbocycles. The Labute approximate surface area is 80.7 Å². The summed E-state index contributed by atoms with van der Waals surface area (Å²) >= 11 is 0. The van der Waals surface area contributed by atoms with E-state index in [0.29, 0.717) is 6.04 Å². The molecule has 2 nitrogen and oxygen atoms in total. The van der Waals surface area contributed by atoms with Crippen molar-refractivity contribution < 1.29 is 5.11 Å². The van der Waals surface area contributed by atoms with Crippen molar-refractivity contribution in [2.75, 3.05) is 6.54 Å². The van der Waals surface area contributed by atoms with Crippen LogP contribution in [0.25, 0.3) is 0 Å². The Hall–Kier alpha value is -0.0800. The first kappa shape index (κ1) is 9.47. The molecule has 0 aromatic carbocycles. The topological polar surface area (TPSA) is 32.3 Å². The Morgan fingerprint density at radius 1 is 1.31 bits per heavy atom. The average molecular weight is 183 g/mol. The van der Waals surface area contributed by atoms with Gasteiger partial charge in [0.2, 0.25) is 0 Å². The van der Waals surface area contributed by atoms with Gasteiger partial charge in [0.05, 0.1) is 6.10 Å². The van der Waals surface area contributed by atoms with Crippen molar-refractivity contribution in [2.24, 2.45) is 11.8 Å². The van der Waals surface area contributed by atoms with Crippen molar-refractivity contribution in [3.05, 3.63) is 0 Å². The summed E-state index contributed by atoms with van der Waals surface area (Å²) < 4.78 is 0. The quantitative estimate of drug-likeness (QED) is 0.693. The minimum Gasteiger partial charge on any atom is -0.392 e. The van der Waals surface area contributed by atoms with E-state index < -0.39 is 0 Å². The van der Waals surface area contributed by atoms with Crippen LogP contribution in [0.3, 0.4) is 0 Å². The molecule has 0 amide bonds. The smallest absolute Gasteiger partial charge is 0.0693 e. The molecule has 0 bridgehead atoms. The minimum absolute atomic E-state index is 0.0774. The Kier molecular flexibility index (Phi) is 2.89. The van der Waals surface area contributed by atoms with E-state index in [0.717, 1.165) is 24.8 Å². The third kappa shape index (κ3) is 2.44. The molecule has 0 spiro atoms. The van der Waals surface area contributed by atoms with E-state index in [1.807, 2.05) is 0 Å². The SMILES string of the molecule is CC(CN[C@@H]1CCC[C@H]1O)C1CC1. The summed E-state index contributed by atoms with van der Waals surface area (Å²) in [5.74, 6) is 1.79. The zero-order valence-corrected chi connectivity index (χ0v) is 8.50. The van der Waals surface area contributed by atoms with Crippen molar-refractivity contribution in [3.63, 3.8) is 0 Å². The Morgan fingerprint density at radius 3 is 2.62 bits per heavy atom. The summed E-state index contributed by atoms with van der Waals surface area (Å²) in [6.45, 7) is 3.43. The van der Waals surface area contributed by atoms with Gasteiger partial charge in [-0.3, -0.25) is 0 Å². The first-order valence-electron chi connectivity index (χ1n) is 5.69. The number of nitrogens with one attached hydrogen (secondary N) is 1. The Morgan fingerprint density at radius 2 is 2.08 bits per heavy atom. The Bertz CT molecular complexity index is 167. The Balaban J connectivity index is 1.66. The van der Waals surface area contributed by atoms with Crippen LogP contribution in [0.4, 0.5) is 0 Å². The van der Waals surface area contributed by atoms with E-state index in [1.54, 1.807) is 0 Å². The second-order valence-corrected chi connectivity index (χ2v) is 4.83. The van der Waals surface area contributed by atoms with Gasteiger partial charge in [0, 0.05) is 6.04 Å². The summed E-state index contributed by atoms with van der Waals surface area (Å²) in [7, 11) is 0. The summed E-state index contributed by atoms with van der Waals surface area (Å²) in [4.78, 5) is 0. The van der Waals surface area contributed by atoms with E-state index in [4.69, 9.17) is 0 Å². The lowest BCUT2D eigenvalue weighted by molar-refractivity contribution is 0.146. The normalized spacial score (nSPS) is 36.5. The minimum atomic E-state index is -0.0774. The molecule has 76 valence electrons. The van der Waals surface area contributed by atoms with Gasteiger partial charge in [-0.15, -0.1) is 0 Å². The van der Waals surface area contributed by atoms with Crippen LogP contribution in [0.2, 0.25) is 0 Å². The second kappa shape index (κ2) is 3.97. The van der Waals surface area contributed by atoms with Crippen LogP contribution in [0.15, 0.2) is 0 Å². The van der Waals surface area contributed by atoms with Gasteiger partial charge in [-0.05, 0) is 50.5 Å². The van der Waals surface area contributed by atoms with Gasteiger partial charge >= 0.3 is 0 Å². The van der Waals surface area contributed by atoms with E-state index in [9.17, 15) is 5.11 Å². The van der Waals surface area contributed by atoms with Crippen LogP contribution in [0, 0.1) is 11.8 Å². The highest BCUT2D eigenvalue weighted by atomic mass is 16.3. The first-order valence-corrected chi connectivity index (χ1v) is 5.69. The molecule has 2 aliphatic rings. The third-order valence-corrected chi connectivity index (χ3v) is 3.61. The van der Waals surface area contributed by atoms with Crippen molar-refractivity contribution in [3.8, 4) is 0 Å². The average Bonchev–Trinajstić information content (AvgIpc) is 2.88. The molecule has 0 radical (unpaired) electrons. The summed E-state index contributed by atoms with van der Waals surface area (Å²) in [6.07, 6.45) is 6.13. The maximum Gasteiger partial charge on any atom is 0.0693 e. The number of rotatable bonds is 4. The van der Waals surface area contributed by atoms with Gasteiger partial charge in [0.1, 0.15) is 0 Å². The summed E-state index contributed by atoms with van der Waals surface area (Å²) in [5, 5.41) is 13.1. The van der Waals surface area contributed by atoms with Gasteiger partial charge in [0.15, 0.2) is 0 Å². The predicted octanol–water partition coefficient (Wildman–Crippen LogP) is 1.54. The highest BCUT2D eigenvalue weighted by Gasteiger charge is 2.30. The summed E-state index contributed by atoms with van der Waals surface area (Å²) in [6, 6.07) is 0.390. The van der Waals surface area contributed by atoms with Crippen LogP contribution in [0.5, 0.6) is 0 Å². The highest BCUT2D eigenvalue weighted by Crippen LogP contribution is 2.36. The van der Waals surface area contributed by atoms with Crippen molar-refractivity contribution in [2.45, 2.75) is 51.2 Å². The lowest BCUT2D eigenvalue weighted by atomic mass is 10.1. The second-order valence-electron chi connectivity index (χ2n) is 4.83. The molecule has 2 rings (SSSR count). The van der Waals surface area contributed by atoms with E-state index >= 15 is 0 Å². The number of aliphatic hydroxyl groups excluding tert-OH is 1. The number of hydrogen-bond donors (Lipinski definition) is 2. The molecule has 0 saturated heterocycles. The lowest BCUT2D eigenvalue weighted by Gasteiger charge is -2.19. The molecule has 0 aromatic rings. The fourth-order valence-corrected chi connectivity index (χ4v) is 2.35. The maximum absolute atomic E-state index is 9.59. The van der Waals surface area contributed by atoms with Crippen LogP contribution < -0.4 is 5.32 Å². The molecule has 2 aliphatic carbocycles. The lowest BCUT2D eigenvalue weighted by Crippen LogP contribution is -2.38. The van der Waals surface area contributed by atoms with E-state index in [1.165, 1.54) is 25.7 Å². The molecular formula is C11H21NO. The molecular weight excluding hydrogens is 162 g/mol. The van der Waals surface area contributed by atoms with Crippen LogP contribution in [-0.4, -0.2) is 23.8 Å². The van der Waals surface area contributed by atoms with Gasteiger partial charge in [-0.2, -0.15) is 0 Å². The van der Waals surface area contributed by atoms with E-state index in [2.05, 4.69) is 12.2 Å². The number of aliphatic hydroxyl groups is 1. The molecule has 2 N–H and O–H groups in total. The van der Waals surface area contributed by atoms with Crippen molar-refractivity contribution in [1.29, 1.82) is 0 Å². The molecule has 0 heterocycles. The standard InChI is InChI=1S/C11H21NO/c1-8(9-5-6-9)7-12-10-3-2-4-11(10)13/h8-13H,2-7H2,1H3/t8?,10-,11-/m1/s1.